The van der Waals surface area contributed by atoms with Crippen LogP contribution in [0.2, 0.25) is 0 Å². The van der Waals surface area contributed by atoms with Crippen LogP contribution in [0.1, 0.15) is 11.1 Å². The number of H-pyrrole nitrogens is 2. The monoisotopic (exact) mass is 265 g/mol. The molecule has 0 saturated heterocycles. The molecule has 3 heterocycles. The third kappa shape index (κ3) is 1.68. The number of aromatic nitrogens is 6. The van der Waals surface area contributed by atoms with Crippen molar-refractivity contribution in [3.8, 4) is 0 Å². The Morgan fingerprint density at radius 3 is 3.05 bits per heavy atom. The third-order valence-electron chi connectivity index (χ3n) is 3.29. The number of hydrogen-bond acceptors (Lipinski definition) is 5. The van der Waals surface area contributed by atoms with Gasteiger partial charge in [0, 0.05) is 5.39 Å². The summed E-state index contributed by atoms with van der Waals surface area (Å²) in [5.41, 5.74) is 10.3. The molecule has 0 saturated carbocycles. The van der Waals surface area contributed by atoms with Crippen molar-refractivity contribution in [2.45, 2.75) is 6.42 Å². The maximum absolute atomic E-state index is 5.80. The second kappa shape index (κ2) is 4.02. The van der Waals surface area contributed by atoms with Gasteiger partial charge in [-0.15, -0.1) is 5.10 Å². The predicted octanol–water partition coefficient (Wildman–Crippen LogP) is 1.40. The van der Waals surface area contributed by atoms with Crippen molar-refractivity contribution in [1.29, 1.82) is 0 Å². The summed E-state index contributed by atoms with van der Waals surface area (Å²) < 4.78 is 0. The molecule has 0 aliphatic heterocycles. The number of pyridine rings is 1. The van der Waals surface area contributed by atoms with Crippen molar-refractivity contribution in [3.63, 3.8) is 0 Å². The van der Waals surface area contributed by atoms with E-state index in [1.807, 2.05) is 18.3 Å². The van der Waals surface area contributed by atoms with Gasteiger partial charge >= 0.3 is 0 Å². The number of anilines is 1. The number of fused-ring (bicyclic) bond motifs is 2. The fraction of sp³-hybridized carbons (Fsp3) is 0.0769. The van der Waals surface area contributed by atoms with Crippen LogP contribution in [-0.4, -0.2) is 30.6 Å². The van der Waals surface area contributed by atoms with E-state index in [0.717, 1.165) is 34.0 Å². The lowest BCUT2D eigenvalue weighted by molar-refractivity contribution is 0.953. The number of aromatic amines is 2. The Morgan fingerprint density at radius 2 is 2.10 bits per heavy atom. The number of nitrogens with zero attached hydrogens (tertiary/aromatic N) is 4. The number of hydrogen-bond donors (Lipinski definition) is 3. The molecule has 0 aliphatic rings. The van der Waals surface area contributed by atoms with Crippen LogP contribution in [0, 0.1) is 0 Å². The van der Waals surface area contributed by atoms with Crippen LogP contribution in [0.15, 0.2) is 30.5 Å². The quantitative estimate of drug-likeness (QED) is 0.507. The summed E-state index contributed by atoms with van der Waals surface area (Å²) >= 11 is 0. The van der Waals surface area contributed by atoms with E-state index in [9.17, 15) is 0 Å². The molecule has 0 atom stereocenters. The first-order valence-corrected chi connectivity index (χ1v) is 6.17. The Labute approximate surface area is 113 Å². The van der Waals surface area contributed by atoms with Crippen LogP contribution in [-0.2, 0) is 6.42 Å². The van der Waals surface area contributed by atoms with Gasteiger partial charge in [-0.25, -0.2) is 4.98 Å². The fourth-order valence-electron chi connectivity index (χ4n) is 2.38. The second-order valence-electron chi connectivity index (χ2n) is 4.67. The van der Waals surface area contributed by atoms with Gasteiger partial charge in [-0.2, -0.15) is 15.4 Å². The summed E-state index contributed by atoms with van der Waals surface area (Å²) in [4.78, 5) is 4.14. The average Bonchev–Trinajstić information content (AvgIpc) is 3.05. The van der Waals surface area contributed by atoms with Crippen molar-refractivity contribution < 1.29 is 0 Å². The molecule has 98 valence electrons. The van der Waals surface area contributed by atoms with Gasteiger partial charge in [-0.3, -0.25) is 5.10 Å². The van der Waals surface area contributed by atoms with Crippen LogP contribution in [0.3, 0.4) is 0 Å². The van der Waals surface area contributed by atoms with E-state index < -0.39 is 0 Å². The second-order valence-corrected chi connectivity index (χ2v) is 4.67. The summed E-state index contributed by atoms with van der Waals surface area (Å²) in [6.45, 7) is 0. The number of nitrogen functional groups attached to an aromatic ring is 1. The van der Waals surface area contributed by atoms with E-state index in [1.54, 1.807) is 0 Å². The van der Waals surface area contributed by atoms with Crippen LogP contribution >= 0.6 is 0 Å². The Bertz CT molecular complexity index is 905. The lowest BCUT2D eigenvalue weighted by atomic mass is 10.0. The average molecular weight is 265 g/mol. The van der Waals surface area contributed by atoms with Gasteiger partial charge < -0.3 is 5.73 Å². The molecule has 0 fully saturated rings. The standard InChI is InChI=1S/C13H11N7/c14-11-5-8(12-13(16-11)19-20-18-12)3-7-1-2-10-9(4-7)6-15-17-10/h1-2,4-6H,3H2,(H,15,17)(H3,14,16,18,19,20). The van der Waals surface area contributed by atoms with Crippen molar-refractivity contribution in [2.24, 2.45) is 0 Å². The summed E-state index contributed by atoms with van der Waals surface area (Å²) in [5, 5.41) is 18.7. The first kappa shape index (κ1) is 10.9. The van der Waals surface area contributed by atoms with Gasteiger partial charge in [0.25, 0.3) is 0 Å². The highest BCUT2D eigenvalue weighted by molar-refractivity contribution is 5.79. The number of nitrogens with one attached hydrogen (secondary N) is 2. The molecule has 4 rings (SSSR count). The largest absolute Gasteiger partial charge is 0.384 e. The Balaban J connectivity index is 1.81. The van der Waals surface area contributed by atoms with Gasteiger partial charge in [0.15, 0.2) is 0 Å². The molecule has 0 amide bonds. The lowest BCUT2D eigenvalue weighted by Crippen LogP contribution is -1.96. The number of rotatable bonds is 2. The molecule has 3 aromatic heterocycles. The predicted molar refractivity (Wildman–Crippen MR) is 75.0 cm³/mol. The van der Waals surface area contributed by atoms with Crippen molar-refractivity contribution in [1.82, 2.24) is 30.6 Å². The molecular formula is C13H11N7. The molecule has 4 N–H and O–H groups in total. The topological polar surface area (TPSA) is 109 Å². The van der Waals surface area contributed by atoms with Crippen LogP contribution in [0.4, 0.5) is 5.82 Å². The Hall–Kier alpha value is -2.96. The SMILES string of the molecule is Nc1cc(Cc2ccc3[nH]ncc3c2)c2n[nH]nc2n1. The molecule has 0 aliphatic carbocycles. The maximum atomic E-state index is 5.80. The van der Waals surface area contributed by atoms with E-state index in [1.165, 1.54) is 0 Å². The zero-order valence-electron chi connectivity index (χ0n) is 10.5. The molecule has 1 aromatic carbocycles. The lowest BCUT2D eigenvalue weighted by Gasteiger charge is -2.04. The van der Waals surface area contributed by atoms with Crippen LogP contribution < -0.4 is 5.73 Å². The van der Waals surface area contributed by atoms with Crippen LogP contribution in [0.5, 0.6) is 0 Å². The molecule has 0 unspecified atom stereocenters. The van der Waals surface area contributed by atoms with E-state index in [-0.39, 0.29) is 0 Å². The Kier molecular flexibility index (Phi) is 2.19. The minimum absolute atomic E-state index is 0.450. The smallest absolute Gasteiger partial charge is 0.203 e. The van der Waals surface area contributed by atoms with Gasteiger partial charge in [0.1, 0.15) is 11.3 Å². The van der Waals surface area contributed by atoms with E-state index >= 15 is 0 Å². The molecular weight excluding hydrogens is 254 g/mol. The minimum Gasteiger partial charge on any atom is -0.384 e. The normalized spacial score (nSPS) is 11.4. The van der Waals surface area contributed by atoms with Crippen molar-refractivity contribution in [2.75, 3.05) is 5.73 Å². The number of nitrogens with two attached hydrogens (primary N) is 1. The molecule has 0 bridgehead atoms. The van der Waals surface area contributed by atoms with Gasteiger partial charge in [0.2, 0.25) is 5.65 Å². The first-order valence-electron chi connectivity index (χ1n) is 6.17. The first-order chi connectivity index (χ1) is 9.79. The van der Waals surface area contributed by atoms with Gasteiger partial charge in [-0.05, 0) is 35.7 Å². The summed E-state index contributed by atoms with van der Waals surface area (Å²) in [5.74, 6) is 0.450. The molecule has 4 aromatic rings. The molecule has 7 nitrogen and oxygen atoms in total. The number of benzene rings is 1. The van der Waals surface area contributed by atoms with E-state index in [4.69, 9.17) is 5.73 Å². The summed E-state index contributed by atoms with van der Waals surface area (Å²) in [6.07, 6.45) is 2.53. The Morgan fingerprint density at radius 1 is 1.15 bits per heavy atom. The molecule has 0 radical (unpaired) electrons. The van der Waals surface area contributed by atoms with E-state index in [0.29, 0.717) is 11.5 Å². The molecule has 7 heteroatoms. The molecule has 0 spiro atoms. The van der Waals surface area contributed by atoms with Crippen molar-refractivity contribution in [3.05, 3.63) is 41.6 Å². The van der Waals surface area contributed by atoms with Crippen molar-refractivity contribution >= 4 is 27.9 Å². The van der Waals surface area contributed by atoms with Gasteiger partial charge in [-0.1, -0.05) is 6.07 Å². The molecule has 20 heavy (non-hydrogen) atoms. The highest BCUT2D eigenvalue weighted by atomic mass is 15.3. The third-order valence-corrected chi connectivity index (χ3v) is 3.29. The highest BCUT2D eigenvalue weighted by Gasteiger charge is 2.09. The zero-order valence-corrected chi connectivity index (χ0v) is 10.5. The summed E-state index contributed by atoms with van der Waals surface area (Å²) in [7, 11) is 0. The fourth-order valence-corrected chi connectivity index (χ4v) is 2.38. The maximum Gasteiger partial charge on any atom is 0.203 e. The van der Waals surface area contributed by atoms with E-state index in [2.05, 4.69) is 42.7 Å². The minimum atomic E-state index is 0.450. The van der Waals surface area contributed by atoms with Crippen LogP contribution in [0.25, 0.3) is 22.1 Å². The zero-order chi connectivity index (χ0) is 13.5. The highest BCUT2D eigenvalue weighted by Crippen LogP contribution is 2.21. The summed E-state index contributed by atoms with van der Waals surface area (Å²) in [6, 6.07) is 8.01. The van der Waals surface area contributed by atoms with Gasteiger partial charge in [0.05, 0.1) is 11.7 Å².